The molecular weight excluding hydrogens is 340 g/mol. The topological polar surface area (TPSA) is 87.1 Å². The molecule has 0 aliphatic heterocycles. The number of carboxylic acids is 1. The van der Waals surface area contributed by atoms with Crippen molar-refractivity contribution in [1.29, 1.82) is 0 Å². The van der Waals surface area contributed by atoms with E-state index in [9.17, 15) is 4.79 Å². The van der Waals surface area contributed by atoms with Crippen molar-refractivity contribution in [2.75, 3.05) is 10.6 Å². The van der Waals surface area contributed by atoms with Crippen LogP contribution < -0.4 is 10.6 Å². The van der Waals surface area contributed by atoms with Crippen molar-refractivity contribution in [3.05, 3.63) is 71.0 Å². The van der Waals surface area contributed by atoms with Gasteiger partial charge in [0.15, 0.2) is 0 Å². The van der Waals surface area contributed by atoms with E-state index in [1.165, 1.54) is 6.07 Å². The summed E-state index contributed by atoms with van der Waals surface area (Å²) in [5.41, 5.74) is 1.64. The molecule has 3 rings (SSSR count). The zero-order valence-electron chi connectivity index (χ0n) is 13.3. The number of anilines is 4. The van der Waals surface area contributed by atoms with Gasteiger partial charge in [0, 0.05) is 22.5 Å². The van der Waals surface area contributed by atoms with E-state index < -0.39 is 5.97 Å². The lowest BCUT2D eigenvalue weighted by Gasteiger charge is -2.11. The van der Waals surface area contributed by atoms with Gasteiger partial charge in [-0.3, -0.25) is 0 Å². The number of nitrogens with one attached hydrogen (secondary N) is 2. The number of rotatable bonds is 5. The summed E-state index contributed by atoms with van der Waals surface area (Å²) in [6.07, 6.45) is 0. The van der Waals surface area contributed by atoms with Crippen LogP contribution in [0, 0.1) is 6.92 Å². The molecule has 3 N–H and O–H groups in total. The average Bonchev–Trinajstić information content (AvgIpc) is 2.54. The van der Waals surface area contributed by atoms with Crippen LogP contribution in [-0.4, -0.2) is 21.0 Å². The first kappa shape index (κ1) is 16.7. The average molecular weight is 355 g/mol. The molecule has 2 aromatic carbocycles. The zero-order chi connectivity index (χ0) is 17.8. The summed E-state index contributed by atoms with van der Waals surface area (Å²) in [6, 6.07) is 15.6. The van der Waals surface area contributed by atoms with Crippen LogP contribution in [0.3, 0.4) is 0 Å². The van der Waals surface area contributed by atoms with Crippen molar-refractivity contribution in [1.82, 2.24) is 9.97 Å². The van der Waals surface area contributed by atoms with E-state index in [0.29, 0.717) is 28.2 Å². The highest BCUT2D eigenvalue weighted by Gasteiger charge is 2.06. The first-order valence-electron chi connectivity index (χ1n) is 7.48. The summed E-state index contributed by atoms with van der Waals surface area (Å²) in [7, 11) is 0. The molecule has 7 heteroatoms. The molecule has 126 valence electrons. The van der Waals surface area contributed by atoms with Crippen molar-refractivity contribution < 1.29 is 9.90 Å². The Hall–Kier alpha value is -3.12. The van der Waals surface area contributed by atoms with Gasteiger partial charge in [0.05, 0.1) is 5.56 Å². The lowest BCUT2D eigenvalue weighted by Crippen LogP contribution is -2.02. The standard InChI is InChI=1S/C18H15ClN4O2/c1-11-20-16(22-14-6-2-4-12(8-14)18(24)25)10-17(21-11)23-15-7-3-5-13(19)9-15/h2-10H,1H3,(H,24,25)(H2,20,21,22,23). The van der Waals surface area contributed by atoms with E-state index >= 15 is 0 Å². The molecule has 0 radical (unpaired) electrons. The minimum Gasteiger partial charge on any atom is -0.478 e. The molecule has 3 aromatic rings. The lowest BCUT2D eigenvalue weighted by atomic mass is 10.2. The fourth-order valence-corrected chi connectivity index (χ4v) is 2.48. The van der Waals surface area contributed by atoms with Gasteiger partial charge in [-0.2, -0.15) is 0 Å². The molecule has 0 unspecified atom stereocenters. The van der Waals surface area contributed by atoms with E-state index in [0.717, 1.165) is 5.69 Å². The molecule has 0 amide bonds. The smallest absolute Gasteiger partial charge is 0.335 e. The third kappa shape index (κ3) is 4.45. The van der Waals surface area contributed by atoms with Gasteiger partial charge in [0.2, 0.25) is 0 Å². The van der Waals surface area contributed by atoms with Crippen molar-refractivity contribution in [3.8, 4) is 0 Å². The van der Waals surface area contributed by atoms with Crippen LogP contribution in [0.4, 0.5) is 23.0 Å². The Morgan fingerprint density at radius 3 is 2.16 bits per heavy atom. The van der Waals surface area contributed by atoms with Crippen LogP contribution in [0.2, 0.25) is 5.02 Å². The Labute approximate surface area is 149 Å². The number of aromatic carboxylic acids is 1. The van der Waals surface area contributed by atoms with Crippen molar-refractivity contribution in [2.45, 2.75) is 6.92 Å². The number of carboxylic acid groups (broad SMARTS) is 1. The van der Waals surface area contributed by atoms with Crippen LogP contribution in [0.25, 0.3) is 0 Å². The molecule has 0 aliphatic rings. The summed E-state index contributed by atoms with van der Waals surface area (Å²) in [5.74, 6) is 0.751. The highest BCUT2D eigenvalue weighted by molar-refractivity contribution is 6.30. The normalized spacial score (nSPS) is 10.3. The molecule has 1 heterocycles. The largest absolute Gasteiger partial charge is 0.478 e. The fraction of sp³-hybridized carbons (Fsp3) is 0.0556. The molecule has 0 atom stereocenters. The summed E-state index contributed by atoms with van der Waals surface area (Å²) < 4.78 is 0. The summed E-state index contributed by atoms with van der Waals surface area (Å²) in [6.45, 7) is 1.78. The number of nitrogens with zero attached hydrogens (tertiary/aromatic N) is 2. The van der Waals surface area contributed by atoms with E-state index in [2.05, 4.69) is 20.6 Å². The molecule has 0 bridgehead atoms. The van der Waals surface area contributed by atoms with Gasteiger partial charge in [0.25, 0.3) is 0 Å². The molecule has 0 fully saturated rings. The predicted octanol–water partition coefficient (Wildman–Crippen LogP) is 4.62. The number of carbonyl (C=O) groups is 1. The Morgan fingerprint density at radius 1 is 0.960 bits per heavy atom. The van der Waals surface area contributed by atoms with E-state index in [1.54, 1.807) is 43.3 Å². The number of aryl methyl sites for hydroxylation is 1. The highest BCUT2D eigenvalue weighted by Crippen LogP contribution is 2.22. The lowest BCUT2D eigenvalue weighted by molar-refractivity contribution is 0.0697. The predicted molar refractivity (Wildman–Crippen MR) is 98.2 cm³/mol. The first-order chi connectivity index (χ1) is 12.0. The SMILES string of the molecule is Cc1nc(Nc2cccc(Cl)c2)cc(Nc2cccc(C(=O)O)c2)n1. The van der Waals surface area contributed by atoms with Crippen LogP contribution in [0.1, 0.15) is 16.2 Å². The molecule has 25 heavy (non-hydrogen) atoms. The van der Waals surface area contributed by atoms with Gasteiger partial charge in [0.1, 0.15) is 17.5 Å². The maximum atomic E-state index is 11.1. The molecule has 0 saturated heterocycles. The van der Waals surface area contributed by atoms with Gasteiger partial charge < -0.3 is 15.7 Å². The summed E-state index contributed by atoms with van der Waals surface area (Å²) in [4.78, 5) is 19.7. The maximum Gasteiger partial charge on any atom is 0.335 e. The van der Waals surface area contributed by atoms with Crippen molar-refractivity contribution in [3.63, 3.8) is 0 Å². The minimum atomic E-state index is -0.981. The third-order valence-corrected chi connectivity index (χ3v) is 3.55. The van der Waals surface area contributed by atoms with Gasteiger partial charge in [-0.1, -0.05) is 23.7 Å². The second-order valence-electron chi connectivity index (χ2n) is 5.33. The van der Waals surface area contributed by atoms with Crippen LogP contribution in [0.5, 0.6) is 0 Å². The fourth-order valence-electron chi connectivity index (χ4n) is 2.29. The monoisotopic (exact) mass is 354 g/mol. The number of aromatic nitrogens is 2. The van der Waals surface area contributed by atoms with Crippen molar-refractivity contribution >= 4 is 40.6 Å². The third-order valence-electron chi connectivity index (χ3n) is 3.32. The van der Waals surface area contributed by atoms with Gasteiger partial charge >= 0.3 is 5.97 Å². The van der Waals surface area contributed by atoms with Crippen LogP contribution in [-0.2, 0) is 0 Å². The number of hydrogen-bond donors (Lipinski definition) is 3. The maximum absolute atomic E-state index is 11.1. The molecule has 6 nitrogen and oxygen atoms in total. The Bertz CT molecular complexity index is 930. The second kappa shape index (κ2) is 7.19. The zero-order valence-corrected chi connectivity index (χ0v) is 14.1. The Balaban J connectivity index is 1.84. The Kier molecular flexibility index (Phi) is 4.81. The van der Waals surface area contributed by atoms with Crippen molar-refractivity contribution in [2.24, 2.45) is 0 Å². The molecule has 0 aliphatic carbocycles. The van der Waals surface area contributed by atoms with Gasteiger partial charge in [-0.15, -0.1) is 0 Å². The van der Waals surface area contributed by atoms with Gasteiger partial charge in [-0.25, -0.2) is 14.8 Å². The summed E-state index contributed by atoms with van der Waals surface area (Å²) in [5, 5.41) is 16.0. The highest BCUT2D eigenvalue weighted by atomic mass is 35.5. The van der Waals surface area contributed by atoms with Gasteiger partial charge in [-0.05, 0) is 43.3 Å². The van der Waals surface area contributed by atoms with Crippen LogP contribution in [0.15, 0.2) is 54.6 Å². The summed E-state index contributed by atoms with van der Waals surface area (Å²) >= 11 is 5.99. The van der Waals surface area contributed by atoms with E-state index in [1.807, 2.05) is 12.1 Å². The number of benzene rings is 2. The van der Waals surface area contributed by atoms with E-state index in [4.69, 9.17) is 16.7 Å². The molecular formula is C18H15ClN4O2. The molecule has 0 spiro atoms. The van der Waals surface area contributed by atoms with E-state index in [-0.39, 0.29) is 5.56 Å². The molecule has 1 aromatic heterocycles. The molecule has 0 saturated carbocycles. The minimum absolute atomic E-state index is 0.202. The second-order valence-corrected chi connectivity index (χ2v) is 5.77. The quantitative estimate of drug-likeness (QED) is 0.619. The first-order valence-corrected chi connectivity index (χ1v) is 7.86. The Morgan fingerprint density at radius 2 is 1.56 bits per heavy atom. The number of hydrogen-bond acceptors (Lipinski definition) is 5. The van der Waals surface area contributed by atoms with Crippen LogP contribution >= 0.6 is 11.6 Å². The number of halogens is 1.